The van der Waals surface area contributed by atoms with Crippen molar-refractivity contribution in [3.05, 3.63) is 58.5 Å². The second-order valence-electron chi connectivity index (χ2n) is 6.04. The Hall–Kier alpha value is -3.02. The average molecular weight is 339 g/mol. The molecule has 0 aliphatic heterocycles. The number of amides is 1. The first-order chi connectivity index (χ1) is 12.0. The fourth-order valence-electron chi connectivity index (χ4n) is 2.79. The number of carbonyl (C=O) groups is 1. The first kappa shape index (κ1) is 16.8. The fourth-order valence-corrected chi connectivity index (χ4v) is 2.79. The van der Waals surface area contributed by atoms with Gasteiger partial charge in [-0.05, 0) is 63.2 Å². The number of nitrogens with one attached hydrogen (secondary N) is 2. The summed E-state index contributed by atoms with van der Waals surface area (Å²) in [6, 6.07) is 12.4. The summed E-state index contributed by atoms with van der Waals surface area (Å²) in [6.07, 6.45) is 0. The van der Waals surface area contributed by atoms with Crippen molar-refractivity contribution < 1.29 is 9.53 Å². The van der Waals surface area contributed by atoms with Crippen LogP contribution in [0, 0.1) is 0 Å². The van der Waals surface area contributed by atoms with Crippen LogP contribution >= 0.6 is 0 Å². The molecule has 0 radical (unpaired) electrons. The van der Waals surface area contributed by atoms with Gasteiger partial charge in [0.15, 0.2) is 0 Å². The SMILES string of the molecule is CCOc1ccc(NC(=O)c2ccc3c(c2)[nH]c(=O)n3C(C)C)cc1. The van der Waals surface area contributed by atoms with E-state index in [0.717, 1.165) is 11.3 Å². The highest BCUT2D eigenvalue weighted by atomic mass is 16.5. The Balaban J connectivity index is 1.83. The first-order valence-electron chi connectivity index (χ1n) is 8.28. The molecular weight excluding hydrogens is 318 g/mol. The van der Waals surface area contributed by atoms with Crippen LogP contribution in [0.1, 0.15) is 37.2 Å². The molecule has 0 saturated heterocycles. The van der Waals surface area contributed by atoms with Crippen LogP contribution in [0.3, 0.4) is 0 Å². The summed E-state index contributed by atoms with van der Waals surface area (Å²) >= 11 is 0. The molecule has 1 amide bonds. The molecule has 0 saturated carbocycles. The molecule has 1 heterocycles. The van der Waals surface area contributed by atoms with Crippen molar-refractivity contribution in [3.63, 3.8) is 0 Å². The lowest BCUT2D eigenvalue weighted by Gasteiger charge is -2.08. The van der Waals surface area contributed by atoms with E-state index in [-0.39, 0.29) is 17.6 Å². The number of nitrogens with zero attached hydrogens (tertiary/aromatic N) is 1. The van der Waals surface area contributed by atoms with Crippen molar-refractivity contribution in [2.45, 2.75) is 26.8 Å². The maximum absolute atomic E-state index is 12.5. The average Bonchev–Trinajstić information content (AvgIpc) is 2.91. The maximum Gasteiger partial charge on any atom is 0.326 e. The van der Waals surface area contributed by atoms with E-state index in [1.165, 1.54) is 0 Å². The number of fused-ring (bicyclic) bond motifs is 1. The van der Waals surface area contributed by atoms with Crippen molar-refractivity contribution >= 4 is 22.6 Å². The molecule has 0 atom stereocenters. The van der Waals surface area contributed by atoms with Gasteiger partial charge in [0.1, 0.15) is 5.75 Å². The molecule has 6 nitrogen and oxygen atoms in total. The lowest BCUT2D eigenvalue weighted by Crippen LogP contribution is -2.18. The van der Waals surface area contributed by atoms with Gasteiger partial charge >= 0.3 is 5.69 Å². The summed E-state index contributed by atoms with van der Waals surface area (Å²) in [5, 5.41) is 2.84. The van der Waals surface area contributed by atoms with E-state index in [9.17, 15) is 9.59 Å². The first-order valence-corrected chi connectivity index (χ1v) is 8.28. The third-order valence-corrected chi connectivity index (χ3v) is 3.92. The summed E-state index contributed by atoms with van der Waals surface area (Å²) in [6.45, 7) is 6.41. The fraction of sp³-hybridized carbons (Fsp3) is 0.263. The largest absolute Gasteiger partial charge is 0.494 e. The molecule has 130 valence electrons. The quantitative estimate of drug-likeness (QED) is 0.746. The number of anilines is 1. The Bertz CT molecular complexity index is 952. The summed E-state index contributed by atoms with van der Waals surface area (Å²) in [5.74, 6) is 0.527. The van der Waals surface area contributed by atoms with Gasteiger partial charge < -0.3 is 15.0 Å². The number of carbonyl (C=O) groups excluding carboxylic acids is 1. The van der Waals surface area contributed by atoms with Crippen LogP contribution in [0.2, 0.25) is 0 Å². The number of rotatable bonds is 5. The molecule has 0 bridgehead atoms. The van der Waals surface area contributed by atoms with Gasteiger partial charge in [-0.1, -0.05) is 0 Å². The molecule has 0 spiro atoms. The van der Waals surface area contributed by atoms with Gasteiger partial charge in [-0.2, -0.15) is 0 Å². The van der Waals surface area contributed by atoms with Crippen LogP contribution in [-0.2, 0) is 0 Å². The predicted octanol–water partition coefficient (Wildman–Crippen LogP) is 3.56. The third kappa shape index (κ3) is 3.42. The third-order valence-electron chi connectivity index (χ3n) is 3.92. The van der Waals surface area contributed by atoms with E-state index in [4.69, 9.17) is 4.74 Å². The number of hydrogen-bond acceptors (Lipinski definition) is 3. The van der Waals surface area contributed by atoms with Gasteiger partial charge in [-0.25, -0.2) is 4.79 Å². The highest BCUT2D eigenvalue weighted by molar-refractivity contribution is 6.05. The number of aromatic nitrogens is 2. The highest BCUT2D eigenvalue weighted by Gasteiger charge is 2.13. The Morgan fingerprint density at radius 2 is 1.92 bits per heavy atom. The zero-order valence-electron chi connectivity index (χ0n) is 14.5. The molecule has 0 fully saturated rings. The van der Waals surface area contributed by atoms with E-state index in [2.05, 4.69) is 10.3 Å². The molecule has 2 aromatic carbocycles. The topological polar surface area (TPSA) is 76.1 Å². The van der Waals surface area contributed by atoms with Crippen molar-refractivity contribution in [2.75, 3.05) is 11.9 Å². The second-order valence-corrected chi connectivity index (χ2v) is 6.04. The van der Waals surface area contributed by atoms with Crippen LogP contribution in [-0.4, -0.2) is 22.1 Å². The van der Waals surface area contributed by atoms with Crippen LogP contribution < -0.4 is 15.7 Å². The van der Waals surface area contributed by atoms with Crippen molar-refractivity contribution in [1.29, 1.82) is 0 Å². The molecule has 1 aromatic heterocycles. The number of benzene rings is 2. The molecule has 0 aliphatic rings. The molecule has 0 aliphatic carbocycles. The van der Waals surface area contributed by atoms with Crippen molar-refractivity contribution in [2.24, 2.45) is 0 Å². The molecule has 2 N–H and O–H groups in total. The number of imidazole rings is 1. The van der Waals surface area contributed by atoms with E-state index in [0.29, 0.717) is 23.4 Å². The van der Waals surface area contributed by atoms with E-state index in [1.807, 2.05) is 32.9 Å². The van der Waals surface area contributed by atoms with Gasteiger partial charge in [0.05, 0.1) is 17.6 Å². The van der Waals surface area contributed by atoms with Crippen LogP contribution in [0.4, 0.5) is 5.69 Å². The highest BCUT2D eigenvalue weighted by Crippen LogP contribution is 2.19. The molecule has 6 heteroatoms. The Kier molecular flexibility index (Phi) is 4.61. The zero-order chi connectivity index (χ0) is 18.0. The van der Waals surface area contributed by atoms with Crippen LogP contribution in [0.25, 0.3) is 11.0 Å². The smallest absolute Gasteiger partial charge is 0.326 e. The Labute approximate surface area is 145 Å². The standard InChI is InChI=1S/C19H21N3O3/c1-4-25-15-8-6-14(7-9-15)20-18(23)13-5-10-17-16(11-13)21-19(24)22(17)12(2)3/h5-12H,4H2,1-3H3,(H,20,23)(H,21,24). The summed E-state index contributed by atoms with van der Waals surface area (Å²) < 4.78 is 7.05. The monoisotopic (exact) mass is 339 g/mol. The Morgan fingerprint density at radius 3 is 2.56 bits per heavy atom. The number of H-pyrrole nitrogens is 1. The molecule has 3 aromatic rings. The molecular formula is C19H21N3O3. The second kappa shape index (κ2) is 6.84. The van der Waals surface area contributed by atoms with Crippen molar-refractivity contribution in [1.82, 2.24) is 9.55 Å². The predicted molar refractivity (Wildman–Crippen MR) is 98.5 cm³/mol. The van der Waals surface area contributed by atoms with Gasteiger partial charge in [0.2, 0.25) is 0 Å². The molecule has 3 rings (SSSR count). The van der Waals surface area contributed by atoms with E-state index >= 15 is 0 Å². The minimum atomic E-state index is -0.232. The zero-order valence-corrected chi connectivity index (χ0v) is 14.5. The van der Waals surface area contributed by atoms with Gasteiger partial charge in [-0.3, -0.25) is 9.36 Å². The van der Waals surface area contributed by atoms with E-state index < -0.39 is 0 Å². The van der Waals surface area contributed by atoms with Crippen LogP contribution in [0.5, 0.6) is 5.75 Å². The van der Waals surface area contributed by atoms with Crippen LogP contribution in [0.15, 0.2) is 47.3 Å². The Morgan fingerprint density at radius 1 is 1.20 bits per heavy atom. The number of aromatic amines is 1. The maximum atomic E-state index is 12.5. The number of ether oxygens (including phenoxy) is 1. The van der Waals surface area contributed by atoms with Crippen molar-refractivity contribution in [3.8, 4) is 5.75 Å². The van der Waals surface area contributed by atoms with Gasteiger partial charge in [-0.15, -0.1) is 0 Å². The minimum Gasteiger partial charge on any atom is -0.494 e. The van der Waals surface area contributed by atoms with Gasteiger partial charge in [0, 0.05) is 17.3 Å². The summed E-state index contributed by atoms with van der Waals surface area (Å²) in [4.78, 5) is 27.3. The lowest BCUT2D eigenvalue weighted by atomic mass is 10.1. The summed E-state index contributed by atoms with van der Waals surface area (Å²) in [5.41, 5.74) is 2.44. The normalized spacial score (nSPS) is 11.0. The minimum absolute atomic E-state index is 0.0461. The molecule has 25 heavy (non-hydrogen) atoms. The van der Waals surface area contributed by atoms with E-state index in [1.54, 1.807) is 34.9 Å². The lowest BCUT2D eigenvalue weighted by molar-refractivity contribution is 0.102. The molecule has 0 unspecified atom stereocenters. The van der Waals surface area contributed by atoms with Gasteiger partial charge in [0.25, 0.3) is 5.91 Å². The number of hydrogen-bond donors (Lipinski definition) is 2. The summed E-state index contributed by atoms with van der Waals surface area (Å²) in [7, 11) is 0.